The molecule has 100 valence electrons. The van der Waals surface area contributed by atoms with Crippen molar-refractivity contribution in [2.45, 2.75) is 32.2 Å². The second-order valence-corrected chi connectivity index (χ2v) is 5.31. The van der Waals surface area contributed by atoms with Crippen molar-refractivity contribution in [3.05, 3.63) is 65.2 Å². The second-order valence-electron chi connectivity index (χ2n) is 5.31. The van der Waals surface area contributed by atoms with Crippen molar-refractivity contribution in [3.63, 3.8) is 0 Å². The van der Waals surface area contributed by atoms with E-state index in [0.29, 0.717) is 6.42 Å². The Bertz CT molecular complexity index is 543. The first-order chi connectivity index (χ1) is 9.01. The minimum Gasteiger partial charge on any atom is -0.508 e. The lowest BCUT2D eigenvalue weighted by Gasteiger charge is -2.25. The van der Waals surface area contributed by atoms with Crippen LogP contribution < -0.4 is 5.73 Å². The van der Waals surface area contributed by atoms with E-state index >= 15 is 0 Å². The van der Waals surface area contributed by atoms with Gasteiger partial charge in [-0.05, 0) is 48.6 Å². The third-order valence-electron chi connectivity index (χ3n) is 3.50. The summed E-state index contributed by atoms with van der Waals surface area (Å²) in [4.78, 5) is 0. The van der Waals surface area contributed by atoms with Crippen LogP contribution in [0.15, 0.2) is 48.5 Å². The van der Waals surface area contributed by atoms with Gasteiger partial charge in [-0.15, -0.1) is 0 Å². The summed E-state index contributed by atoms with van der Waals surface area (Å²) in [5.41, 5.74) is 9.48. The van der Waals surface area contributed by atoms with Gasteiger partial charge in [0.15, 0.2) is 0 Å². The van der Waals surface area contributed by atoms with Crippen LogP contribution >= 0.6 is 0 Å². The minimum absolute atomic E-state index is 0.287. The van der Waals surface area contributed by atoms with Crippen molar-refractivity contribution in [3.8, 4) is 5.75 Å². The van der Waals surface area contributed by atoms with Crippen LogP contribution in [0.3, 0.4) is 0 Å². The lowest BCUT2D eigenvalue weighted by Crippen LogP contribution is -2.35. The monoisotopic (exact) mass is 255 g/mol. The summed E-state index contributed by atoms with van der Waals surface area (Å²) in [6, 6.07) is 15.7. The fourth-order valence-electron chi connectivity index (χ4n) is 2.31. The maximum absolute atomic E-state index is 9.51. The van der Waals surface area contributed by atoms with Crippen LogP contribution in [-0.2, 0) is 18.4 Å². The number of hydrogen-bond donors (Lipinski definition) is 2. The Morgan fingerprint density at radius 1 is 1.05 bits per heavy atom. The summed E-state index contributed by atoms with van der Waals surface area (Å²) in [7, 11) is 0. The number of rotatable bonds is 4. The minimum atomic E-state index is -0.430. The molecular formula is C17H21NO. The third kappa shape index (κ3) is 3.36. The molecule has 0 saturated carbocycles. The molecule has 0 saturated heterocycles. The first-order valence-corrected chi connectivity index (χ1v) is 6.67. The average molecular weight is 255 g/mol. The fourth-order valence-corrected chi connectivity index (χ4v) is 2.31. The van der Waals surface area contributed by atoms with E-state index < -0.39 is 5.54 Å². The highest BCUT2D eigenvalue weighted by molar-refractivity contribution is 5.33. The molecule has 1 unspecified atom stereocenters. The van der Waals surface area contributed by atoms with Crippen molar-refractivity contribution in [2.24, 2.45) is 5.73 Å². The van der Waals surface area contributed by atoms with Crippen molar-refractivity contribution in [1.82, 2.24) is 0 Å². The summed E-state index contributed by atoms with van der Waals surface area (Å²) < 4.78 is 0. The van der Waals surface area contributed by atoms with Gasteiger partial charge in [0.05, 0.1) is 0 Å². The van der Waals surface area contributed by atoms with Crippen molar-refractivity contribution < 1.29 is 5.11 Å². The summed E-state index contributed by atoms with van der Waals surface area (Å²) in [6.07, 6.45) is 1.74. The molecule has 2 aromatic carbocycles. The molecule has 2 heteroatoms. The topological polar surface area (TPSA) is 46.2 Å². The number of aryl methyl sites for hydroxylation is 1. The van der Waals surface area contributed by atoms with E-state index in [1.807, 2.05) is 19.1 Å². The van der Waals surface area contributed by atoms with Gasteiger partial charge >= 0.3 is 0 Å². The number of hydrogen-bond acceptors (Lipinski definition) is 2. The van der Waals surface area contributed by atoms with Gasteiger partial charge in [-0.1, -0.05) is 43.3 Å². The van der Waals surface area contributed by atoms with E-state index in [1.165, 1.54) is 5.56 Å². The number of nitrogens with two attached hydrogens (primary N) is 1. The Hall–Kier alpha value is -1.80. The van der Waals surface area contributed by atoms with E-state index in [0.717, 1.165) is 17.5 Å². The predicted octanol–water partition coefficient (Wildman–Crippen LogP) is 3.37. The van der Waals surface area contributed by atoms with Crippen LogP contribution in [0.25, 0.3) is 0 Å². The molecule has 0 bridgehead atoms. The first-order valence-electron chi connectivity index (χ1n) is 6.67. The highest BCUT2D eigenvalue weighted by Crippen LogP contribution is 2.24. The van der Waals surface area contributed by atoms with E-state index in [9.17, 15) is 5.11 Å². The van der Waals surface area contributed by atoms with E-state index in [-0.39, 0.29) is 5.75 Å². The van der Waals surface area contributed by atoms with Crippen LogP contribution in [-0.4, -0.2) is 5.11 Å². The summed E-state index contributed by atoms with van der Waals surface area (Å²) in [5.74, 6) is 0.287. The quantitative estimate of drug-likeness (QED) is 0.880. The molecule has 0 fully saturated rings. The Morgan fingerprint density at radius 3 is 2.32 bits per heavy atom. The third-order valence-corrected chi connectivity index (χ3v) is 3.50. The van der Waals surface area contributed by atoms with Gasteiger partial charge in [-0.2, -0.15) is 0 Å². The molecular weight excluding hydrogens is 234 g/mol. The van der Waals surface area contributed by atoms with Gasteiger partial charge in [0.25, 0.3) is 0 Å². The predicted molar refractivity (Wildman–Crippen MR) is 79.2 cm³/mol. The SMILES string of the molecule is CCc1ccc(C(C)(N)Cc2cccc(O)c2)cc1. The van der Waals surface area contributed by atoms with Gasteiger partial charge in [0, 0.05) is 5.54 Å². The molecule has 1 atom stereocenters. The Labute approximate surface area is 114 Å². The lowest BCUT2D eigenvalue weighted by atomic mass is 9.86. The largest absolute Gasteiger partial charge is 0.508 e. The first kappa shape index (κ1) is 13.6. The molecule has 2 nitrogen and oxygen atoms in total. The number of benzene rings is 2. The lowest BCUT2D eigenvalue weighted by molar-refractivity contribution is 0.468. The number of phenolic OH excluding ortho intramolecular Hbond substituents is 1. The highest BCUT2D eigenvalue weighted by atomic mass is 16.3. The zero-order valence-electron chi connectivity index (χ0n) is 11.6. The fraction of sp³-hybridized carbons (Fsp3) is 0.294. The molecule has 3 N–H and O–H groups in total. The maximum atomic E-state index is 9.51. The molecule has 0 aliphatic carbocycles. The van der Waals surface area contributed by atoms with Gasteiger partial charge in [-0.25, -0.2) is 0 Å². The van der Waals surface area contributed by atoms with Crippen LogP contribution in [0.4, 0.5) is 0 Å². The maximum Gasteiger partial charge on any atom is 0.115 e. The smallest absolute Gasteiger partial charge is 0.115 e. The van der Waals surface area contributed by atoms with Gasteiger partial charge in [-0.3, -0.25) is 0 Å². The average Bonchev–Trinajstić information content (AvgIpc) is 2.38. The molecule has 19 heavy (non-hydrogen) atoms. The van der Waals surface area contributed by atoms with E-state index in [2.05, 4.69) is 31.2 Å². The molecule has 0 heterocycles. The molecule has 2 rings (SSSR count). The Balaban J connectivity index is 2.21. The Kier molecular flexibility index (Phi) is 3.91. The molecule has 0 radical (unpaired) electrons. The van der Waals surface area contributed by atoms with E-state index in [4.69, 9.17) is 5.73 Å². The van der Waals surface area contributed by atoms with Gasteiger partial charge in [0.2, 0.25) is 0 Å². The molecule has 0 amide bonds. The van der Waals surface area contributed by atoms with Crippen LogP contribution in [0.1, 0.15) is 30.5 Å². The number of aromatic hydroxyl groups is 1. The molecule has 0 aliphatic heterocycles. The summed E-state index contributed by atoms with van der Waals surface area (Å²) in [6.45, 7) is 4.17. The van der Waals surface area contributed by atoms with Gasteiger partial charge in [0.1, 0.15) is 5.75 Å². The van der Waals surface area contributed by atoms with Crippen LogP contribution in [0.2, 0.25) is 0 Å². The Morgan fingerprint density at radius 2 is 1.74 bits per heavy atom. The zero-order valence-corrected chi connectivity index (χ0v) is 11.6. The second kappa shape index (κ2) is 5.45. The molecule has 2 aromatic rings. The highest BCUT2D eigenvalue weighted by Gasteiger charge is 2.21. The molecule has 0 spiro atoms. The summed E-state index contributed by atoms with van der Waals surface area (Å²) >= 11 is 0. The molecule has 0 aliphatic rings. The van der Waals surface area contributed by atoms with Crippen molar-refractivity contribution >= 4 is 0 Å². The normalized spacial score (nSPS) is 14.1. The van der Waals surface area contributed by atoms with Crippen molar-refractivity contribution in [1.29, 1.82) is 0 Å². The summed E-state index contributed by atoms with van der Waals surface area (Å²) in [5, 5.41) is 9.51. The van der Waals surface area contributed by atoms with E-state index in [1.54, 1.807) is 12.1 Å². The van der Waals surface area contributed by atoms with Crippen LogP contribution in [0, 0.1) is 0 Å². The van der Waals surface area contributed by atoms with Crippen LogP contribution in [0.5, 0.6) is 5.75 Å². The number of phenols is 1. The van der Waals surface area contributed by atoms with Crippen molar-refractivity contribution in [2.75, 3.05) is 0 Å². The molecule has 0 aromatic heterocycles. The van der Waals surface area contributed by atoms with Gasteiger partial charge < -0.3 is 10.8 Å². The zero-order chi connectivity index (χ0) is 13.9. The standard InChI is InChI=1S/C17H21NO/c1-3-13-7-9-15(10-8-13)17(2,18)12-14-5-4-6-16(19)11-14/h4-11,19H,3,12,18H2,1-2H3.